The van der Waals surface area contributed by atoms with Gasteiger partial charge in [-0.05, 0) is 25.8 Å². The summed E-state index contributed by atoms with van der Waals surface area (Å²) in [6.45, 7) is 2.65. The van der Waals surface area contributed by atoms with Crippen molar-refractivity contribution in [3.8, 4) is 0 Å². The van der Waals surface area contributed by atoms with Crippen molar-refractivity contribution in [1.82, 2.24) is 0 Å². The summed E-state index contributed by atoms with van der Waals surface area (Å²) < 4.78 is 18.8. The van der Waals surface area contributed by atoms with Crippen LogP contribution in [0.2, 0.25) is 0 Å². The van der Waals surface area contributed by atoms with Crippen molar-refractivity contribution in [2.24, 2.45) is 0 Å². The van der Waals surface area contributed by atoms with Gasteiger partial charge < -0.3 is 10.1 Å². The molecular formula is C12H15FN2O3. The first-order valence-electron chi connectivity index (χ1n) is 5.92. The summed E-state index contributed by atoms with van der Waals surface area (Å²) in [4.78, 5) is 9.74. The van der Waals surface area contributed by atoms with Gasteiger partial charge in [-0.2, -0.15) is 4.39 Å². The van der Waals surface area contributed by atoms with Gasteiger partial charge in [0.05, 0.1) is 11.0 Å². The zero-order chi connectivity index (χ0) is 13.1. The lowest BCUT2D eigenvalue weighted by Crippen LogP contribution is -2.40. The molecule has 1 aliphatic rings. The third-order valence-corrected chi connectivity index (χ3v) is 3.01. The van der Waals surface area contributed by atoms with Gasteiger partial charge in [0.2, 0.25) is 5.82 Å². The molecule has 0 heterocycles. The number of nitro groups is 1. The molecule has 5 nitrogen and oxygen atoms in total. The summed E-state index contributed by atoms with van der Waals surface area (Å²) in [7, 11) is 0. The minimum absolute atomic E-state index is 0.252. The molecule has 0 aliphatic heterocycles. The summed E-state index contributed by atoms with van der Waals surface area (Å²) in [6.07, 6.45) is 2.04. The van der Waals surface area contributed by atoms with Gasteiger partial charge in [-0.3, -0.25) is 10.1 Å². The average Bonchev–Trinajstić information content (AvgIpc) is 2.26. The molecule has 18 heavy (non-hydrogen) atoms. The Hall–Kier alpha value is -1.69. The fourth-order valence-electron chi connectivity index (χ4n) is 2.04. The van der Waals surface area contributed by atoms with E-state index in [1.807, 2.05) is 6.92 Å². The van der Waals surface area contributed by atoms with Crippen LogP contribution in [0.1, 0.15) is 19.8 Å². The average molecular weight is 254 g/mol. The highest BCUT2D eigenvalue weighted by molar-refractivity contribution is 5.50. The van der Waals surface area contributed by atoms with Crippen LogP contribution in [-0.2, 0) is 4.74 Å². The second-order valence-corrected chi connectivity index (χ2v) is 4.31. The molecule has 0 amide bonds. The molecule has 0 unspecified atom stereocenters. The van der Waals surface area contributed by atoms with Crippen molar-refractivity contribution in [3.63, 3.8) is 0 Å². The normalized spacial score (nSPS) is 22.3. The van der Waals surface area contributed by atoms with E-state index < -0.39 is 16.4 Å². The number of benzene rings is 1. The van der Waals surface area contributed by atoms with Crippen LogP contribution in [0.4, 0.5) is 15.8 Å². The molecule has 1 aliphatic carbocycles. The van der Waals surface area contributed by atoms with E-state index in [4.69, 9.17) is 4.74 Å². The Labute approximate surface area is 104 Å². The van der Waals surface area contributed by atoms with Gasteiger partial charge in [0.15, 0.2) is 0 Å². The number of hydrogen-bond acceptors (Lipinski definition) is 4. The zero-order valence-corrected chi connectivity index (χ0v) is 10.1. The molecule has 1 aromatic carbocycles. The van der Waals surface area contributed by atoms with Crippen molar-refractivity contribution in [1.29, 1.82) is 0 Å². The smallest absolute Gasteiger partial charge is 0.304 e. The molecule has 1 aromatic rings. The van der Waals surface area contributed by atoms with Crippen molar-refractivity contribution in [2.75, 3.05) is 11.9 Å². The zero-order valence-electron chi connectivity index (χ0n) is 10.1. The highest BCUT2D eigenvalue weighted by Gasteiger charge is 2.29. The van der Waals surface area contributed by atoms with Crippen LogP contribution < -0.4 is 5.32 Å². The molecule has 1 saturated carbocycles. The van der Waals surface area contributed by atoms with Crippen LogP contribution in [0.15, 0.2) is 18.2 Å². The Balaban J connectivity index is 1.92. The topological polar surface area (TPSA) is 64.4 Å². The van der Waals surface area contributed by atoms with Gasteiger partial charge in [0.1, 0.15) is 0 Å². The lowest BCUT2D eigenvalue weighted by molar-refractivity contribution is -0.387. The maximum atomic E-state index is 13.4. The predicted octanol–water partition coefficient (Wildman–Crippen LogP) is 2.71. The quantitative estimate of drug-likeness (QED) is 0.648. The number of nitro benzene ring substituents is 1. The fourth-order valence-corrected chi connectivity index (χ4v) is 2.04. The minimum atomic E-state index is -0.814. The van der Waals surface area contributed by atoms with E-state index in [9.17, 15) is 14.5 Å². The second-order valence-electron chi connectivity index (χ2n) is 4.31. The summed E-state index contributed by atoms with van der Waals surface area (Å²) >= 11 is 0. The van der Waals surface area contributed by atoms with E-state index in [0.29, 0.717) is 12.3 Å². The molecule has 0 bridgehead atoms. The number of ether oxygens (including phenoxy) is 1. The summed E-state index contributed by atoms with van der Waals surface area (Å²) in [5.41, 5.74) is 0.0689. The fraction of sp³-hybridized carbons (Fsp3) is 0.500. The molecule has 0 radical (unpaired) electrons. The Kier molecular flexibility index (Phi) is 3.76. The van der Waals surface area contributed by atoms with Crippen molar-refractivity contribution in [2.45, 2.75) is 31.9 Å². The Morgan fingerprint density at radius 2 is 2.28 bits per heavy atom. The lowest BCUT2D eigenvalue weighted by Gasteiger charge is -2.36. The van der Waals surface area contributed by atoms with Crippen LogP contribution >= 0.6 is 0 Å². The van der Waals surface area contributed by atoms with Gasteiger partial charge in [0.25, 0.3) is 0 Å². The monoisotopic (exact) mass is 254 g/mol. The number of nitrogens with one attached hydrogen (secondary N) is 1. The van der Waals surface area contributed by atoms with Crippen LogP contribution in [-0.4, -0.2) is 23.7 Å². The van der Waals surface area contributed by atoms with Gasteiger partial charge in [-0.1, -0.05) is 0 Å². The standard InChI is InChI=1S/C12H15FN2O3/c1-2-18-10-5-9(6-10)14-8-3-4-12(15(16)17)11(13)7-8/h3-4,7,9-10,14H,2,5-6H2,1H3. The van der Waals surface area contributed by atoms with E-state index >= 15 is 0 Å². The Morgan fingerprint density at radius 3 is 2.83 bits per heavy atom. The van der Waals surface area contributed by atoms with Crippen molar-refractivity contribution < 1.29 is 14.1 Å². The maximum Gasteiger partial charge on any atom is 0.304 e. The first kappa shape index (κ1) is 12.8. The Bertz CT molecular complexity index is 447. The number of hydrogen-bond donors (Lipinski definition) is 1. The van der Waals surface area contributed by atoms with Crippen LogP contribution in [0, 0.1) is 15.9 Å². The molecule has 0 atom stereocenters. The summed E-state index contributed by atoms with van der Waals surface area (Å²) in [6, 6.07) is 4.11. The minimum Gasteiger partial charge on any atom is -0.382 e. The Morgan fingerprint density at radius 1 is 1.56 bits per heavy atom. The van der Waals surface area contributed by atoms with Gasteiger partial charge >= 0.3 is 5.69 Å². The van der Waals surface area contributed by atoms with Crippen LogP contribution in [0.5, 0.6) is 0 Å². The molecule has 98 valence electrons. The maximum absolute atomic E-state index is 13.4. The van der Waals surface area contributed by atoms with E-state index in [-0.39, 0.29) is 12.1 Å². The van der Waals surface area contributed by atoms with Gasteiger partial charge in [-0.15, -0.1) is 0 Å². The third-order valence-electron chi connectivity index (χ3n) is 3.01. The summed E-state index contributed by atoms with van der Waals surface area (Å²) in [5, 5.41) is 13.6. The largest absolute Gasteiger partial charge is 0.382 e. The van der Waals surface area contributed by atoms with E-state index in [0.717, 1.165) is 18.9 Å². The van der Waals surface area contributed by atoms with Crippen LogP contribution in [0.3, 0.4) is 0 Å². The summed E-state index contributed by atoms with van der Waals surface area (Å²) in [5.74, 6) is -0.814. The SMILES string of the molecule is CCOC1CC(Nc2ccc([N+](=O)[O-])c(F)c2)C1. The van der Waals surface area contributed by atoms with Gasteiger partial charge in [0, 0.05) is 30.5 Å². The molecule has 0 spiro atoms. The van der Waals surface area contributed by atoms with Crippen molar-refractivity contribution >= 4 is 11.4 Å². The molecule has 6 heteroatoms. The highest BCUT2D eigenvalue weighted by atomic mass is 19.1. The third kappa shape index (κ3) is 2.76. The lowest BCUT2D eigenvalue weighted by atomic mass is 9.89. The highest BCUT2D eigenvalue weighted by Crippen LogP contribution is 2.28. The number of rotatable bonds is 5. The molecule has 0 aromatic heterocycles. The number of anilines is 1. The number of nitrogens with zero attached hydrogens (tertiary/aromatic N) is 1. The first-order valence-corrected chi connectivity index (χ1v) is 5.92. The van der Waals surface area contributed by atoms with E-state index in [1.165, 1.54) is 12.1 Å². The molecule has 2 rings (SSSR count). The molecule has 0 saturated heterocycles. The number of halogens is 1. The molecular weight excluding hydrogens is 239 g/mol. The van der Waals surface area contributed by atoms with E-state index in [2.05, 4.69) is 5.32 Å². The predicted molar refractivity (Wildman–Crippen MR) is 65.1 cm³/mol. The van der Waals surface area contributed by atoms with E-state index in [1.54, 1.807) is 0 Å². The second kappa shape index (κ2) is 5.30. The first-order chi connectivity index (χ1) is 8.60. The van der Waals surface area contributed by atoms with Crippen molar-refractivity contribution in [3.05, 3.63) is 34.1 Å². The van der Waals surface area contributed by atoms with Gasteiger partial charge in [-0.25, -0.2) is 0 Å². The van der Waals surface area contributed by atoms with Crippen LogP contribution in [0.25, 0.3) is 0 Å². The molecule has 1 fully saturated rings. The molecule has 1 N–H and O–H groups in total.